The minimum atomic E-state index is -0.563. The molecule has 0 aliphatic carbocycles. The van der Waals surface area contributed by atoms with Gasteiger partial charge in [0, 0.05) is 5.69 Å². The number of benzene rings is 2. The second-order valence-corrected chi connectivity index (χ2v) is 6.25. The molecule has 1 aromatic heterocycles. The van der Waals surface area contributed by atoms with E-state index in [1.807, 2.05) is 38.1 Å². The third kappa shape index (κ3) is 4.58. The molecule has 0 spiro atoms. The molecule has 0 bridgehead atoms. The van der Waals surface area contributed by atoms with Crippen molar-refractivity contribution in [3.63, 3.8) is 0 Å². The Balaban J connectivity index is 1.57. The average Bonchev–Trinajstić information content (AvgIpc) is 3.21. The Morgan fingerprint density at radius 1 is 1.11 bits per heavy atom. The molecular weight excluding hydrogens is 344 g/mol. The van der Waals surface area contributed by atoms with Crippen LogP contribution >= 0.6 is 0 Å². The molecule has 3 aromatic rings. The summed E-state index contributed by atoms with van der Waals surface area (Å²) in [6, 6.07) is 14.3. The number of carbonyl (C=O) groups is 2. The minimum absolute atomic E-state index is 0.271. The molecule has 0 saturated carbocycles. The summed E-state index contributed by atoms with van der Waals surface area (Å²) in [5.74, 6) is -0.671. The SMILES string of the molecule is CC(C)c1ccccc1NC(=O)COC(=O)c1ccc(-n2cncn2)cc1. The van der Waals surface area contributed by atoms with Crippen molar-refractivity contribution in [3.05, 3.63) is 72.3 Å². The van der Waals surface area contributed by atoms with Gasteiger partial charge in [-0.15, -0.1) is 0 Å². The summed E-state index contributed by atoms with van der Waals surface area (Å²) >= 11 is 0. The van der Waals surface area contributed by atoms with Gasteiger partial charge in [-0.25, -0.2) is 14.5 Å². The van der Waals surface area contributed by atoms with Crippen molar-refractivity contribution in [2.24, 2.45) is 0 Å². The number of amides is 1. The molecule has 0 atom stereocenters. The maximum atomic E-state index is 12.1. The second kappa shape index (κ2) is 8.27. The van der Waals surface area contributed by atoms with Gasteiger partial charge in [0.1, 0.15) is 12.7 Å². The van der Waals surface area contributed by atoms with E-state index in [2.05, 4.69) is 15.4 Å². The van der Waals surface area contributed by atoms with E-state index in [1.165, 1.54) is 6.33 Å². The smallest absolute Gasteiger partial charge is 0.338 e. The molecule has 0 aliphatic heterocycles. The summed E-state index contributed by atoms with van der Waals surface area (Å²) in [5, 5.41) is 6.81. The van der Waals surface area contributed by atoms with Crippen LogP contribution in [0.15, 0.2) is 61.2 Å². The highest BCUT2D eigenvalue weighted by Crippen LogP contribution is 2.23. The normalized spacial score (nSPS) is 10.6. The van der Waals surface area contributed by atoms with Crippen molar-refractivity contribution in [1.29, 1.82) is 0 Å². The average molecular weight is 364 g/mol. The molecule has 27 heavy (non-hydrogen) atoms. The highest BCUT2D eigenvalue weighted by Gasteiger charge is 2.13. The maximum Gasteiger partial charge on any atom is 0.338 e. The summed E-state index contributed by atoms with van der Waals surface area (Å²) in [4.78, 5) is 28.1. The van der Waals surface area contributed by atoms with Gasteiger partial charge in [-0.2, -0.15) is 5.10 Å². The molecule has 1 heterocycles. The van der Waals surface area contributed by atoms with Crippen molar-refractivity contribution in [3.8, 4) is 5.69 Å². The van der Waals surface area contributed by atoms with E-state index in [9.17, 15) is 9.59 Å². The summed E-state index contributed by atoms with van der Waals surface area (Å²) < 4.78 is 6.69. The van der Waals surface area contributed by atoms with E-state index in [-0.39, 0.29) is 18.4 Å². The third-order valence-corrected chi connectivity index (χ3v) is 3.98. The topological polar surface area (TPSA) is 86.1 Å². The fourth-order valence-corrected chi connectivity index (χ4v) is 2.61. The molecule has 3 rings (SSSR count). The zero-order valence-corrected chi connectivity index (χ0v) is 15.1. The van der Waals surface area contributed by atoms with E-state index in [4.69, 9.17) is 4.74 Å². The number of para-hydroxylation sites is 1. The Labute approximate surface area is 157 Å². The number of rotatable bonds is 6. The first-order valence-corrected chi connectivity index (χ1v) is 8.55. The molecule has 0 unspecified atom stereocenters. The molecule has 7 heteroatoms. The molecule has 1 amide bonds. The van der Waals surface area contributed by atoms with Crippen LogP contribution in [0, 0.1) is 0 Å². The van der Waals surface area contributed by atoms with E-state index in [0.29, 0.717) is 5.56 Å². The van der Waals surface area contributed by atoms with Crippen LogP contribution in [0.5, 0.6) is 0 Å². The Morgan fingerprint density at radius 3 is 2.52 bits per heavy atom. The first-order valence-electron chi connectivity index (χ1n) is 8.55. The highest BCUT2D eigenvalue weighted by atomic mass is 16.5. The van der Waals surface area contributed by atoms with Gasteiger partial charge in [-0.1, -0.05) is 32.0 Å². The first kappa shape index (κ1) is 18.3. The van der Waals surface area contributed by atoms with Crippen LogP contribution in [0.4, 0.5) is 5.69 Å². The van der Waals surface area contributed by atoms with Crippen LogP contribution < -0.4 is 5.32 Å². The summed E-state index contributed by atoms with van der Waals surface area (Å²) in [5.41, 5.74) is 2.88. The predicted molar refractivity (Wildman–Crippen MR) is 101 cm³/mol. The van der Waals surface area contributed by atoms with E-state index >= 15 is 0 Å². The van der Waals surface area contributed by atoms with Crippen molar-refractivity contribution >= 4 is 17.6 Å². The van der Waals surface area contributed by atoms with Crippen LogP contribution in [0.2, 0.25) is 0 Å². The van der Waals surface area contributed by atoms with Gasteiger partial charge in [-0.3, -0.25) is 4.79 Å². The Bertz CT molecular complexity index is 919. The van der Waals surface area contributed by atoms with E-state index in [0.717, 1.165) is 16.9 Å². The lowest BCUT2D eigenvalue weighted by molar-refractivity contribution is -0.119. The molecule has 0 saturated heterocycles. The number of anilines is 1. The largest absolute Gasteiger partial charge is 0.452 e. The van der Waals surface area contributed by atoms with Crippen LogP contribution in [-0.2, 0) is 9.53 Å². The fraction of sp³-hybridized carbons (Fsp3) is 0.200. The summed E-state index contributed by atoms with van der Waals surface area (Å²) in [7, 11) is 0. The van der Waals surface area contributed by atoms with Crippen LogP contribution in [0.25, 0.3) is 5.69 Å². The van der Waals surface area contributed by atoms with Crippen LogP contribution in [0.1, 0.15) is 35.7 Å². The molecule has 138 valence electrons. The Morgan fingerprint density at radius 2 is 1.85 bits per heavy atom. The molecule has 7 nitrogen and oxygen atoms in total. The molecule has 2 aromatic carbocycles. The molecule has 0 fully saturated rings. The lowest BCUT2D eigenvalue weighted by Gasteiger charge is -2.13. The molecule has 0 aliphatic rings. The zero-order chi connectivity index (χ0) is 19.2. The Kier molecular flexibility index (Phi) is 5.61. The number of nitrogens with one attached hydrogen (secondary N) is 1. The fourth-order valence-electron chi connectivity index (χ4n) is 2.61. The third-order valence-electron chi connectivity index (χ3n) is 3.98. The van der Waals surface area contributed by atoms with Crippen molar-refractivity contribution in [1.82, 2.24) is 14.8 Å². The number of aromatic nitrogens is 3. The monoisotopic (exact) mass is 364 g/mol. The summed E-state index contributed by atoms with van der Waals surface area (Å²) in [6.07, 6.45) is 2.99. The number of hydrogen-bond donors (Lipinski definition) is 1. The number of esters is 1. The van der Waals surface area contributed by atoms with E-state index in [1.54, 1.807) is 35.3 Å². The van der Waals surface area contributed by atoms with Gasteiger partial charge in [0.05, 0.1) is 11.3 Å². The minimum Gasteiger partial charge on any atom is -0.452 e. The van der Waals surface area contributed by atoms with Gasteiger partial charge in [0.25, 0.3) is 5.91 Å². The molecule has 1 N–H and O–H groups in total. The molecule has 0 radical (unpaired) electrons. The maximum absolute atomic E-state index is 12.1. The lowest BCUT2D eigenvalue weighted by atomic mass is 10.0. The van der Waals surface area contributed by atoms with Gasteiger partial charge in [-0.05, 0) is 41.8 Å². The lowest BCUT2D eigenvalue weighted by Crippen LogP contribution is -2.21. The number of nitrogens with zero attached hydrogens (tertiary/aromatic N) is 3. The van der Waals surface area contributed by atoms with Gasteiger partial charge >= 0.3 is 5.97 Å². The zero-order valence-electron chi connectivity index (χ0n) is 15.1. The van der Waals surface area contributed by atoms with Crippen molar-refractivity contribution < 1.29 is 14.3 Å². The predicted octanol–water partition coefficient (Wildman–Crippen LogP) is 3.19. The molecular formula is C20H20N4O3. The number of hydrogen-bond acceptors (Lipinski definition) is 5. The Hall–Kier alpha value is -3.48. The first-order chi connectivity index (χ1) is 13.0. The van der Waals surface area contributed by atoms with Gasteiger partial charge < -0.3 is 10.1 Å². The van der Waals surface area contributed by atoms with Crippen LogP contribution in [-0.4, -0.2) is 33.2 Å². The van der Waals surface area contributed by atoms with Gasteiger partial charge in [0.15, 0.2) is 6.61 Å². The highest BCUT2D eigenvalue weighted by molar-refractivity contribution is 5.96. The standard InChI is InChI=1S/C20H20N4O3/c1-14(2)17-5-3-4-6-18(17)23-19(25)11-27-20(26)15-7-9-16(10-8-15)24-13-21-12-22-24/h3-10,12-14H,11H2,1-2H3,(H,23,25). The van der Waals surface area contributed by atoms with Gasteiger partial charge in [0.2, 0.25) is 0 Å². The van der Waals surface area contributed by atoms with Crippen molar-refractivity contribution in [2.45, 2.75) is 19.8 Å². The number of carbonyl (C=O) groups excluding carboxylic acids is 2. The van der Waals surface area contributed by atoms with Crippen molar-refractivity contribution in [2.75, 3.05) is 11.9 Å². The van der Waals surface area contributed by atoms with E-state index < -0.39 is 5.97 Å². The number of ether oxygens (including phenoxy) is 1. The second-order valence-electron chi connectivity index (χ2n) is 6.25. The van der Waals surface area contributed by atoms with Crippen LogP contribution in [0.3, 0.4) is 0 Å². The summed E-state index contributed by atoms with van der Waals surface area (Å²) in [6.45, 7) is 3.75. The quantitative estimate of drug-likeness (QED) is 0.679.